The van der Waals surface area contributed by atoms with Gasteiger partial charge in [0, 0.05) is 16.0 Å². The smallest absolute Gasteiger partial charge is 0.261 e. The topological polar surface area (TPSA) is 63.2 Å². The molecule has 1 aromatic heterocycles. The van der Waals surface area contributed by atoms with Crippen LogP contribution in [0.1, 0.15) is 10.4 Å². The van der Waals surface area contributed by atoms with Crippen molar-refractivity contribution in [3.05, 3.63) is 75.6 Å². The van der Waals surface area contributed by atoms with Crippen LogP contribution in [0.2, 0.25) is 10.0 Å². The number of nitrogens with one attached hydrogen (secondary N) is 2. The standard InChI is InChI=1S/C22H15Cl2N3O2S2/c1-29-19-16(9-15(23)10-17(19)24)20(28)26-21(30)27-22-25-18(11-31-22)14-7-6-12-4-2-3-5-13(12)8-14/h2-11H,1H3,(H2,25,26,27,28,30). The normalized spacial score (nSPS) is 10.7. The summed E-state index contributed by atoms with van der Waals surface area (Å²) in [5.74, 6) is -0.274. The van der Waals surface area contributed by atoms with Gasteiger partial charge in [0.1, 0.15) is 5.75 Å². The monoisotopic (exact) mass is 487 g/mol. The van der Waals surface area contributed by atoms with Crippen molar-refractivity contribution in [1.82, 2.24) is 10.3 Å². The Kier molecular flexibility index (Phi) is 6.38. The molecule has 4 rings (SSSR count). The number of amides is 1. The Morgan fingerprint density at radius 3 is 2.65 bits per heavy atom. The summed E-state index contributed by atoms with van der Waals surface area (Å²) in [5, 5.41) is 11.0. The van der Waals surface area contributed by atoms with E-state index in [4.69, 9.17) is 40.2 Å². The van der Waals surface area contributed by atoms with Crippen LogP contribution in [0.15, 0.2) is 60.0 Å². The van der Waals surface area contributed by atoms with Crippen molar-refractivity contribution in [3.8, 4) is 17.0 Å². The summed E-state index contributed by atoms with van der Waals surface area (Å²) < 4.78 is 5.21. The maximum atomic E-state index is 12.6. The van der Waals surface area contributed by atoms with E-state index in [0.29, 0.717) is 10.2 Å². The summed E-state index contributed by atoms with van der Waals surface area (Å²) in [6.07, 6.45) is 0. The van der Waals surface area contributed by atoms with Gasteiger partial charge in [0.25, 0.3) is 5.91 Å². The summed E-state index contributed by atoms with van der Waals surface area (Å²) >= 11 is 18.8. The fourth-order valence-corrected chi connectivity index (χ4v) is 4.60. The Bertz CT molecular complexity index is 1310. The maximum Gasteiger partial charge on any atom is 0.261 e. The Morgan fingerprint density at radius 2 is 1.87 bits per heavy atom. The first kappa shape index (κ1) is 21.5. The van der Waals surface area contributed by atoms with E-state index in [9.17, 15) is 4.79 Å². The lowest BCUT2D eigenvalue weighted by atomic mass is 10.1. The Morgan fingerprint density at radius 1 is 1.10 bits per heavy atom. The fraction of sp³-hybridized carbons (Fsp3) is 0.0455. The number of rotatable bonds is 4. The zero-order valence-corrected chi connectivity index (χ0v) is 19.3. The first-order valence-corrected chi connectivity index (χ1v) is 11.1. The van der Waals surface area contributed by atoms with Crippen LogP contribution in [0.3, 0.4) is 0 Å². The van der Waals surface area contributed by atoms with Gasteiger partial charge in [-0.2, -0.15) is 0 Å². The van der Waals surface area contributed by atoms with Crippen LogP contribution in [-0.4, -0.2) is 23.1 Å². The van der Waals surface area contributed by atoms with Crippen LogP contribution in [0.25, 0.3) is 22.0 Å². The molecule has 0 aliphatic heterocycles. The number of thiocarbonyl (C=S) groups is 1. The van der Waals surface area contributed by atoms with E-state index in [1.807, 2.05) is 23.6 Å². The SMILES string of the molecule is COc1c(Cl)cc(Cl)cc1C(=O)NC(=S)Nc1nc(-c2ccc3ccccc3c2)cs1. The number of hydrogen-bond donors (Lipinski definition) is 2. The molecule has 1 amide bonds. The van der Waals surface area contributed by atoms with Crippen molar-refractivity contribution in [1.29, 1.82) is 0 Å². The number of aromatic nitrogens is 1. The number of nitrogens with zero attached hydrogens (tertiary/aromatic N) is 1. The second kappa shape index (κ2) is 9.20. The third kappa shape index (κ3) is 4.80. The van der Waals surface area contributed by atoms with E-state index in [0.717, 1.165) is 16.6 Å². The van der Waals surface area contributed by atoms with Gasteiger partial charge in [-0.25, -0.2) is 4.98 Å². The first-order valence-electron chi connectivity index (χ1n) is 9.04. The van der Waals surface area contributed by atoms with Gasteiger partial charge in [-0.1, -0.05) is 59.6 Å². The van der Waals surface area contributed by atoms with Crippen molar-refractivity contribution in [2.45, 2.75) is 0 Å². The van der Waals surface area contributed by atoms with Gasteiger partial charge >= 0.3 is 0 Å². The van der Waals surface area contributed by atoms with Crippen molar-refractivity contribution < 1.29 is 9.53 Å². The lowest BCUT2D eigenvalue weighted by molar-refractivity contribution is 0.0975. The molecule has 156 valence electrons. The van der Waals surface area contributed by atoms with Crippen LogP contribution in [0.4, 0.5) is 5.13 Å². The largest absolute Gasteiger partial charge is 0.494 e. The van der Waals surface area contributed by atoms with E-state index >= 15 is 0 Å². The molecule has 0 bridgehead atoms. The van der Waals surface area contributed by atoms with Gasteiger partial charge in [-0.05, 0) is 41.2 Å². The number of hydrogen-bond acceptors (Lipinski definition) is 5. The molecule has 0 radical (unpaired) electrons. The van der Waals surface area contributed by atoms with Gasteiger partial charge < -0.3 is 10.1 Å². The molecular weight excluding hydrogens is 473 g/mol. The first-order chi connectivity index (χ1) is 14.9. The van der Waals surface area contributed by atoms with E-state index in [1.54, 1.807) is 0 Å². The molecule has 0 spiro atoms. The molecule has 0 saturated carbocycles. The van der Waals surface area contributed by atoms with Crippen LogP contribution in [0, 0.1) is 0 Å². The lowest BCUT2D eigenvalue weighted by Gasteiger charge is -2.12. The molecular formula is C22H15Cl2N3O2S2. The molecule has 0 unspecified atom stereocenters. The minimum atomic E-state index is -0.495. The summed E-state index contributed by atoms with van der Waals surface area (Å²) in [6.45, 7) is 0. The van der Waals surface area contributed by atoms with E-state index < -0.39 is 5.91 Å². The third-order valence-corrected chi connectivity index (χ3v) is 5.91. The number of methoxy groups -OCH3 is 1. The molecule has 9 heteroatoms. The predicted molar refractivity (Wildman–Crippen MR) is 132 cm³/mol. The second-order valence-corrected chi connectivity index (χ2v) is 8.59. The third-order valence-electron chi connectivity index (χ3n) is 4.45. The van der Waals surface area contributed by atoms with Crippen molar-refractivity contribution >= 4 is 73.7 Å². The van der Waals surface area contributed by atoms with Crippen LogP contribution < -0.4 is 15.4 Å². The van der Waals surface area contributed by atoms with Crippen molar-refractivity contribution in [2.24, 2.45) is 0 Å². The van der Waals surface area contributed by atoms with E-state index in [1.165, 1.54) is 36.0 Å². The highest BCUT2D eigenvalue weighted by molar-refractivity contribution is 7.80. The molecule has 0 saturated heterocycles. The molecule has 0 aliphatic carbocycles. The fourth-order valence-electron chi connectivity index (χ4n) is 3.05. The van der Waals surface area contributed by atoms with Gasteiger partial charge in [-0.15, -0.1) is 11.3 Å². The van der Waals surface area contributed by atoms with Gasteiger partial charge in [-0.3, -0.25) is 10.1 Å². The quantitative estimate of drug-likeness (QED) is 0.325. The summed E-state index contributed by atoms with van der Waals surface area (Å²) in [6, 6.07) is 17.3. The summed E-state index contributed by atoms with van der Waals surface area (Å²) in [4.78, 5) is 17.2. The minimum Gasteiger partial charge on any atom is -0.494 e. The average Bonchev–Trinajstić information content (AvgIpc) is 3.21. The number of thiazole rings is 1. The van der Waals surface area contributed by atoms with Gasteiger partial charge in [0.2, 0.25) is 0 Å². The molecule has 3 aromatic carbocycles. The Labute approximate surface area is 198 Å². The van der Waals surface area contributed by atoms with Gasteiger partial charge in [0.15, 0.2) is 10.2 Å². The summed E-state index contributed by atoms with van der Waals surface area (Å²) in [7, 11) is 1.42. The highest BCUT2D eigenvalue weighted by atomic mass is 35.5. The van der Waals surface area contributed by atoms with E-state index in [2.05, 4.69) is 39.9 Å². The van der Waals surface area contributed by atoms with Crippen LogP contribution >= 0.6 is 46.8 Å². The second-order valence-electron chi connectivity index (χ2n) is 6.48. The van der Waals surface area contributed by atoms with Crippen LogP contribution in [-0.2, 0) is 0 Å². The van der Waals surface area contributed by atoms with Gasteiger partial charge in [0.05, 0.1) is 23.4 Å². The molecule has 0 atom stereocenters. The molecule has 2 N–H and O–H groups in total. The number of anilines is 1. The Hall–Kier alpha value is -2.71. The highest BCUT2D eigenvalue weighted by Gasteiger charge is 2.18. The zero-order chi connectivity index (χ0) is 22.0. The number of carbonyl (C=O) groups is 1. The number of ether oxygens (including phenoxy) is 1. The summed E-state index contributed by atoms with van der Waals surface area (Å²) in [5.41, 5.74) is 1.99. The minimum absolute atomic E-state index is 0.0996. The number of carbonyl (C=O) groups excluding carboxylic acids is 1. The lowest BCUT2D eigenvalue weighted by Crippen LogP contribution is -2.34. The maximum absolute atomic E-state index is 12.6. The van der Waals surface area contributed by atoms with Crippen LogP contribution in [0.5, 0.6) is 5.75 Å². The Balaban J connectivity index is 1.47. The molecule has 5 nitrogen and oxygen atoms in total. The number of fused-ring (bicyclic) bond motifs is 1. The average molecular weight is 488 g/mol. The van der Waals surface area contributed by atoms with Crippen molar-refractivity contribution in [3.63, 3.8) is 0 Å². The molecule has 1 heterocycles. The molecule has 4 aromatic rings. The molecule has 31 heavy (non-hydrogen) atoms. The highest BCUT2D eigenvalue weighted by Crippen LogP contribution is 2.32. The number of benzene rings is 3. The van der Waals surface area contributed by atoms with Crippen molar-refractivity contribution in [2.75, 3.05) is 12.4 Å². The van der Waals surface area contributed by atoms with E-state index in [-0.39, 0.29) is 21.4 Å². The predicted octanol–water partition coefficient (Wildman–Crippen LogP) is 6.41. The number of halogens is 2. The molecule has 0 fully saturated rings. The zero-order valence-electron chi connectivity index (χ0n) is 16.1. The molecule has 0 aliphatic rings.